The van der Waals surface area contributed by atoms with E-state index in [-0.39, 0.29) is 30.6 Å². The number of nitrogens with one attached hydrogen (secondary N) is 1. The highest BCUT2D eigenvalue weighted by molar-refractivity contribution is 6.10. The summed E-state index contributed by atoms with van der Waals surface area (Å²) in [7, 11) is 5.25. The number of carbonyl (C=O) groups excluding carboxylic acids is 2. The molecule has 43 heavy (non-hydrogen) atoms. The van der Waals surface area contributed by atoms with Gasteiger partial charge in [-0.3, -0.25) is 4.79 Å². The predicted octanol–water partition coefficient (Wildman–Crippen LogP) is 5.38. The molecule has 3 aromatic carbocycles. The van der Waals surface area contributed by atoms with Crippen LogP contribution >= 0.6 is 0 Å². The van der Waals surface area contributed by atoms with Crippen LogP contribution in [0, 0.1) is 5.92 Å². The fourth-order valence-electron chi connectivity index (χ4n) is 5.77. The van der Waals surface area contributed by atoms with Crippen molar-refractivity contribution in [1.29, 1.82) is 0 Å². The van der Waals surface area contributed by atoms with E-state index in [1.165, 1.54) is 0 Å². The van der Waals surface area contributed by atoms with Crippen molar-refractivity contribution in [3.8, 4) is 16.9 Å². The second kappa shape index (κ2) is 12.9. The third kappa shape index (κ3) is 6.09. The number of urea groups is 1. The minimum atomic E-state index is -0.423. The molecule has 9 nitrogen and oxygen atoms in total. The molecule has 0 spiro atoms. The molecule has 0 bridgehead atoms. The van der Waals surface area contributed by atoms with Crippen LogP contribution in [-0.2, 0) is 18.4 Å². The van der Waals surface area contributed by atoms with Crippen LogP contribution in [0.25, 0.3) is 22.0 Å². The Kier molecular flexibility index (Phi) is 9.03. The first-order valence-corrected chi connectivity index (χ1v) is 14.6. The van der Waals surface area contributed by atoms with E-state index < -0.39 is 6.04 Å². The van der Waals surface area contributed by atoms with E-state index in [9.17, 15) is 14.7 Å². The molecule has 0 aliphatic carbocycles. The number of anilines is 1. The third-order valence-electron chi connectivity index (χ3n) is 8.37. The van der Waals surface area contributed by atoms with Crippen LogP contribution in [0.5, 0.6) is 5.75 Å². The highest BCUT2D eigenvalue weighted by atomic mass is 16.5. The number of rotatable bonds is 6. The molecule has 1 aromatic heterocycles. The lowest BCUT2D eigenvalue weighted by molar-refractivity contribution is -0.0179. The van der Waals surface area contributed by atoms with Crippen molar-refractivity contribution >= 4 is 28.5 Å². The number of aryl methyl sites for hydroxylation is 1. The Labute approximate surface area is 252 Å². The lowest BCUT2D eigenvalue weighted by Gasteiger charge is -2.35. The molecule has 0 fully saturated rings. The van der Waals surface area contributed by atoms with Gasteiger partial charge < -0.3 is 34.3 Å². The van der Waals surface area contributed by atoms with Crippen molar-refractivity contribution < 1.29 is 24.2 Å². The number of para-hydroxylation sites is 1. The van der Waals surface area contributed by atoms with E-state index in [0.717, 1.165) is 27.6 Å². The molecule has 0 saturated heterocycles. The maximum atomic E-state index is 14.5. The van der Waals surface area contributed by atoms with Gasteiger partial charge in [0.25, 0.3) is 5.91 Å². The second-order valence-electron chi connectivity index (χ2n) is 11.3. The Morgan fingerprint density at radius 2 is 1.81 bits per heavy atom. The Hall–Kier alpha value is -4.34. The molecule has 1 aliphatic rings. The van der Waals surface area contributed by atoms with Crippen LogP contribution in [0.1, 0.15) is 29.9 Å². The summed E-state index contributed by atoms with van der Waals surface area (Å²) in [4.78, 5) is 31.0. The number of fused-ring (bicyclic) bond motifs is 5. The van der Waals surface area contributed by atoms with Gasteiger partial charge in [0.2, 0.25) is 0 Å². The number of hydrogen-bond donors (Lipinski definition) is 2. The molecule has 2 heterocycles. The first-order chi connectivity index (χ1) is 20.7. The number of benzene rings is 3. The fourth-order valence-corrected chi connectivity index (χ4v) is 5.77. The number of aliphatic hydroxyl groups excluding tert-OH is 1. The van der Waals surface area contributed by atoms with Gasteiger partial charge in [-0.1, -0.05) is 49.4 Å². The van der Waals surface area contributed by atoms with Gasteiger partial charge >= 0.3 is 6.03 Å². The van der Waals surface area contributed by atoms with E-state index >= 15 is 0 Å². The first kappa shape index (κ1) is 30.1. The fraction of sp³-hybridized carbons (Fsp3) is 0.353. The van der Waals surface area contributed by atoms with Gasteiger partial charge in [-0.25, -0.2) is 4.79 Å². The Morgan fingerprint density at radius 3 is 2.53 bits per heavy atom. The van der Waals surface area contributed by atoms with Crippen molar-refractivity contribution in [2.45, 2.75) is 32.6 Å². The van der Waals surface area contributed by atoms with Gasteiger partial charge in [0.1, 0.15) is 11.4 Å². The second-order valence-corrected chi connectivity index (χ2v) is 11.3. The zero-order valence-corrected chi connectivity index (χ0v) is 25.4. The van der Waals surface area contributed by atoms with Gasteiger partial charge in [0.15, 0.2) is 0 Å². The normalized spacial score (nSPS) is 17.9. The highest BCUT2D eigenvalue weighted by Gasteiger charge is 2.34. The monoisotopic (exact) mass is 584 g/mol. The summed E-state index contributed by atoms with van der Waals surface area (Å²) in [6.07, 6.45) is -0.390. The van der Waals surface area contributed by atoms with Crippen LogP contribution in [0.4, 0.5) is 10.5 Å². The number of likely N-dealkylation sites (N-methyl/N-ethyl adjacent to an activating group) is 1. The van der Waals surface area contributed by atoms with Crippen molar-refractivity contribution in [2.75, 3.05) is 39.2 Å². The highest BCUT2D eigenvalue weighted by Crippen LogP contribution is 2.38. The van der Waals surface area contributed by atoms with Crippen molar-refractivity contribution in [3.05, 3.63) is 84.1 Å². The van der Waals surface area contributed by atoms with Gasteiger partial charge in [0, 0.05) is 55.3 Å². The molecule has 3 amide bonds. The summed E-state index contributed by atoms with van der Waals surface area (Å²) in [5.41, 5.74) is 4.94. The molecular formula is C34H40N4O5. The maximum Gasteiger partial charge on any atom is 0.321 e. The number of ether oxygens (including phenoxy) is 2. The predicted molar refractivity (Wildman–Crippen MR) is 168 cm³/mol. The molecule has 226 valence electrons. The molecule has 1 aliphatic heterocycles. The average molecular weight is 585 g/mol. The van der Waals surface area contributed by atoms with E-state index in [1.807, 2.05) is 74.0 Å². The molecule has 3 atom stereocenters. The summed E-state index contributed by atoms with van der Waals surface area (Å²) in [5.74, 6) is 0.401. The first-order valence-electron chi connectivity index (χ1n) is 14.6. The van der Waals surface area contributed by atoms with Crippen LogP contribution in [0.15, 0.2) is 72.8 Å². The topological polar surface area (TPSA) is 96.3 Å². The molecule has 2 N–H and O–H groups in total. The Morgan fingerprint density at radius 1 is 1.12 bits per heavy atom. The number of amides is 3. The van der Waals surface area contributed by atoms with Gasteiger partial charge in [-0.2, -0.15) is 0 Å². The lowest BCUT2D eigenvalue weighted by atomic mass is 9.96. The molecule has 0 unspecified atom stereocenters. The third-order valence-corrected chi connectivity index (χ3v) is 8.37. The quantitative estimate of drug-likeness (QED) is 0.318. The molecule has 4 aromatic rings. The molecule has 5 rings (SSSR count). The zero-order chi connectivity index (χ0) is 30.7. The number of hydrogen-bond acceptors (Lipinski definition) is 5. The number of methoxy groups -OCH3 is 1. The zero-order valence-electron chi connectivity index (χ0n) is 25.4. The summed E-state index contributed by atoms with van der Waals surface area (Å²) in [5, 5.41) is 14.1. The number of aromatic nitrogens is 1. The van der Waals surface area contributed by atoms with Crippen LogP contribution in [-0.4, -0.2) is 77.4 Å². The molecular weight excluding hydrogens is 544 g/mol. The van der Waals surface area contributed by atoms with Crippen molar-refractivity contribution in [1.82, 2.24) is 14.4 Å². The Bertz CT molecular complexity index is 1600. The summed E-state index contributed by atoms with van der Waals surface area (Å²) < 4.78 is 13.8. The SMILES string of the molecule is COc1ccc(NC(=O)N(C)C[C@@H]2OCc3ccccc3-c3c(n(C)c4ccccc34)C(=O)N([C@@H](C)CO)C[C@@H]2C)cc1. The van der Waals surface area contributed by atoms with Crippen LogP contribution in [0.2, 0.25) is 0 Å². The summed E-state index contributed by atoms with van der Waals surface area (Å²) >= 11 is 0. The molecule has 9 heteroatoms. The lowest BCUT2D eigenvalue weighted by Crippen LogP contribution is -2.48. The number of nitrogens with zero attached hydrogens (tertiary/aromatic N) is 3. The maximum absolute atomic E-state index is 14.5. The molecule has 0 saturated carbocycles. The molecule has 0 radical (unpaired) electrons. The van der Waals surface area contributed by atoms with Gasteiger partial charge in [-0.15, -0.1) is 0 Å². The van der Waals surface area contributed by atoms with Crippen LogP contribution < -0.4 is 10.1 Å². The average Bonchev–Trinajstić information content (AvgIpc) is 3.32. The number of carbonyl (C=O) groups is 2. The minimum Gasteiger partial charge on any atom is -0.497 e. The number of aliphatic hydroxyl groups is 1. The summed E-state index contributed by atoms with van der Waals surface area (Å²) in [6, 6.07) is 22.5. The van der Waals surface area contributed by atoms with Gasteiger partial charge in [-0.05, 0) is 48.4 Å². The standard InChI is InChI=1S/C34H40N4O5/c1-22-18-38(23(2)20-39)33(40)32-31(28-12-8-9-13-29(28)37(32)4)27-11-7-6-10-24(27)21-43-30(22)19-36(3)34(41)35-25-14-16-26(42-5)17-15-25/h6-17,22-23,30,39H,18-21H2,1-5H3,(H,35,41)/t22-,23-,30-/m0/s1. The van der Waals surface area contributed by atoms with Crippen LogP contribution in [0.3, 0.4) is 0 Å². The van der Waals surface area contributed by atoms with E-state index in [1.54, 1.807) is 48.2 Å². The smallest absolute Gasteiger partial charge is 0.321 e. The summed E-state index contributed by atoms with van der Waals surface area (Å²) in [6.45, 7) is 4.66. The van der Waals surface area contributed by atoms with Crippen molar-refractivity contribution in [2.24, 2.45) is 13.0 Å². The Balaban J connectivity index is 1.51. The van der Waals surface area contributed by atoms with Gasteiger partial charge in [0.05, 0.1) is 32.5 Å². The van der Waals surface area contributed by atoms with E-state index in [2.05, 4.69) is 5.32 Å². The van der Waals surface area contributed by atoms with Crippen molar-refractivity contribution in [3.63, 3.8) is 0 Å². The van der Waals surface area contributed by atoms with E-state index in [0.29, 0.717) is 36.8 Å². The minimum absolute atomic E-state index is 0.150. The largest absolute Gasteiger partial charge is 0.497 e. The van der Waals surface area contributed by atoms with E-state index in [4.69, 9.17) is 9.47 Å².